The number of ether oxygens (including phenoxy) is 1. The van der Waals surface area contributed by atoms with E-state index in [1.165, 1.54) is 18.4 Å². The van der Waals surface area contributed by atoms with Gasteiger partial charge in [-0.15, -0.1) is 0 Å². The highest BCUT2D eigenvalue weighted by molar-refractivity contribution is 5.43. The average molecular weight is 173 g/mol. The molecule has 1 fully saturated rings. The Hall–Kier alpha value is -1.49. The van der Waals surface area contributed by atoms with E-state index in [9.17, 15) is 0 Å². The van der Waals surface area contributed by atoms with Crippen LogP contribution in [0.15, 0.2) is 18.2 Å². The number of hydrogen-bond donors (Lipinski definition) is 0. The third kappa shape index (κ3) is 1.65. The fourth-order valence-corrected chi connectivity index (χ4v) is 1.46. The molecule has 1 aliphatic rings. The standard InChI is InChI=1S/C11H11NO/c1-13-11-5-8(7-12)4-10(6-11)9-2-3-9/h4-6,9H,2-3H2,1H3. The van der Waals surface area contributed by atoms with Crippen LogP contribution in [0.2, 0.25) is 0 Å². The van der Waals surface area contributed by atoms with Crippen LogP contribution in [-0.2, 0) is 0 Å². The summed E-state index contributed by atoms with van der Waals surface area (Å²) in [7, 11) is 1.63. The predicted molar refractivity (Wildman–Crippen MR) is 49.7 cm³/mol. The van der Waals surface area contributed by atoms with E-state index in [4.69, 9.17) is 10.00 Å². The third-order valence-corrected chi connectivity index (χ3v) is 2.34. The van der Waals surface area contributed by atoms with E-state index in [0.717, 1.165) is 5.75 Å². The molecule has 0 heterocycles. The Morgan fingerprint density at radius 2 is 2.15 bits per heavy atom. The fraction of sp³-hybridized carbons (Fsp3) is 0.364. The first-order chi connectivity index (χ1) is 6.33. The molecule has 0 aliphatic heterocycles. The first kappa shape index (κ1) is 8.12. The zero-order valence-electron chi connectivity index (χ0n) is 7.58. The van der Waals surface area contributed by atoms with Crippen molar-refractivity contribution in [3.8, 4) is 11.8 Å². The minimum Gasteiger partial charge on any atom is -0.497 e. The van der Waals surface area contributed by atoms with Gasteiger partial charge >= 0.3 is 0 Å². The van der Waals surface area contributed by atoms with Crippen LogP contribution in [0.5, 0.6) is 5.75 Å². The second-order valence-electron chi connectivity index (χ2n) is 3.38. The summed E-state index contributed by atoms with van der Waals surface area (Å²) >= 11 is 0. The molecule has 2 rings (SSSR count). The maximum absolute atomic E-state index is 8.78. The molecule has 0 amide bonds. The van der Waals surface area contributed by atoms with Crippen molar-refractivity contribution in [2.24, 2.45) is 0 Å². The van der Waals surface area contributed by atoms with Crippen molar-refractivity contribution in [3.05, 3.63) is 29.3 Å². The van der Waals surface area contributed by atoms with E-state index in [1.807, 2.05) is 12.1 Å². The van der Waals surface area contributed by atoms with E-state index in [1.54, 1.807) is 13.2 Å². The highest BCUT2D eigenvalue weighted by atomic mass is 16.5. The van der Waals surface area contributed by atoms with E-state index in [0.29, 0.717) is 11.5 Å². The lowest BCUT2D eigenvalue weighted by Crippen LogP contribution is -1.88. The number of nitrogens with zero attached hydrogens (tertiary/aromatic N) is 1. The molecule has 1 aromatic rings. The lowest BCUT2D eigenvalue weighted by Gasteiger charge is -2.03. The van der Waals surface area contributed by atoms with E-state index in [-0.39, 0.29) is 0 Å². The van der Waals surface area contributed by atoms with Crippen molar-refractivity contribution in [3.63, 3.8) is 0 Å². The molecule has 2 nitrogen and oxygen atoms in total. The molecule has 66 valence electrons. The van der Waals surface area contributed by atoms with E-state index >= 15 is 0 Å². The van der Waals surface area contributed by atoms with Crippen LogP contribution in [-0.4, -0.2) is 7.11 Å². The molecule has 0 aromatic heterocycles. The van der Waals surface area contributed by atoms with Gasteiger partial charge in [-0.3, -0.25) is 0 Å². The lowest BCUT2D eigenvalue weighted by atomic mass is 10.1. The van der Waals surface area contributed by atoms with Crippen LogP contribution >= 0.6 is 0 Å². The number of nitriles is 1. The smallest absolute Gasteiger partial charge is 0.120 e. The van der Waals surface area contributed by atoms with Gasteiger partial charge in [-0.2, -0.15) is 5.26 Å². The van der Waals surface area contributed by atoms with Gasteiger partial charge in [-0.05, 0) is 42.5 Å². The summed E-state index contributed by atoms with van der Waals surface area (Å²) in [6.45, 7) is 0. The summed E-state index contributed by atoms with van der Waals surface area (Å²) in [6, 6.07) is 7.90. The number of rotatable bonds is 2. The topological polar surface area (TPSA) is 33.0 Å². The molecule has 1 aromatic carbocycles. The van der Waals surface area contributed by atoms with Gasteiger partial charge in [0, 0.05) is 0 Å². The Morgan fingerprint density at radius 3 is 2.69 bits per heavy atom. The summed E-state index contributed by atoms with van der Waals surface area (Å²) in [5.74, 6) is 1.46. The second kappa shape index (κ2) is 3.10. The van der Waals surface area contributed by atoms with Gasteiger partial charge in [-0.25, -0.2) is 0 Å². The molecule has 0 bridgehead atoms. The number of benzene rings is 1. The molecule has 0 saturated heterocycles. The van der Waals surface area contributed by atoms with Gasteiger partial charge in [0.15, 0.2) is 0 Å². The normalized spacial score (nSPS) is 15.1. The number of methoxy groups -OCH3 is 1. The Morgan fingerprint density at radius 1 is 1.38 bits per heavy atom. The zero-order valence-corrected chi connectivity index (χ0v) is 7.58. The largest absolute Gasteiger partial charge is 0.497 e. The Balaban J connectivity index is 2.40. The molecule has 0 unspecified atom stereocenters. The molecular formula is C11H11NO. The Bertz CT molecular complexity index is 361. The van der Waals surface area contributed by atoms with Gasteiger partial charge in [0.1, 0.15) is 5.75 Å². The summed E-state index contributed by atoms with van der Waals surface area (Å²) < 4.78 is 5.12. The molecule has 1 aliphatic carbocycles. The van der Waals surface area contributed by atoms with Crippen molar-refractivity contribution in [1.29, 1.82) is 5.26 Å². The first-order valence-corrected chi connectivity index (χ1v) is 4.42. The first-order valence-electron chi connectivity index (χ1n) is 4.42. The average Bonchev–Trinajstić information content (AvgIpc) is 3.00. The molecule has 0 spiro atoms. The number of hydrogen-bond acceptors (Lipinski definition) is 2. The maximum atomic E-state index is 8.78. The molecule has 0 atom stereocenters. The SMILES string of the molecule is COc1cc(C#N)cc(C2CC2)c1. The second-order valence-corrected chi connectivity index (χ2v) is 3.38. The summed E-state index contributed by atoms with van der Waals surface area (Å²) in [4.78, 5) is 0. The van der Waals surface area contributed by atoms with Gasteiger partial charge < -0.3 is 4.74 Å². The molecular weight excluding hydrogens is 162 g/mol. The highest BCUT2D eigenvalue weighted by Gasteiger charge is 2.24. The zero-order chi connectivity index (χ0) is 9.26. The fourth-order valence-electron chi connectivity index (χ4n) is 1.46. The monoisotopic (exact) mass is 173 g/mol. The Labute approximate surface area is 77.8 Å². The van der Waals surface area contributed by atoms with Gasteiger partial charge in [0.25, 0.3) is 0 Å². The summed E-state index contributed by atoms with van der Waals surface area (Å²) in [6.07, 6.45) is 2.50. The maximum Gasteiger partial charge on any atom is 0.120 e. The Kier molecular flexibility index (Phi) is 1.94. The van der Waals surface area contributed by atoms with Gasteiger partial charge in [-0.1, -0.05) is 0 Å². The summed E-state index contributed by atoms with van der Waals surface area (Å²) in [5, 5.41) is 8.78. The molecule has 0 N–H and O–H groups in total. The van der Waals surface area contributed by atoms with E-state index in [2.05, 4.69) is 6.07 Å². The minimum absolute atomic E-state index is 0.669. The molecule has 13 heavy (non-hydrogen) atoms. The minimum atomic E-state index is 0.669. The van der Waals surface area contributed by atoms with Crippen molar-refractivity contribution >= 4 is 0 Å². The van der Waals surface area contributed by atoms with Crippen molar-refractivity contribution in [1.82, 2.24) is 0 Å². The predicted octanol–water partition coefficient (Wildman–Crippen LogP) is 2.44. The highest BCUT2D eigenvalue weighted by Crippen LogP contribution is 2.41. The molecule has 1 saturated carbocycles. The van der Waals surface area contributed by atoms with Crippen molar-refractivity contribution in [2.75, 3.05) is 7.11 Å². The quantitative estimate of drug-likeness (QED) is 0.688. The summed E-state index contributed by atoms with van der Waals surface area (Å²) in [5.41, 5.74) is 1.94. The van der Waals surface area contributed by atoms with Crippen LogP contribution in [0.25, 0.3) is 0 Å². The van der Waals surface area contributed by atoms with Crippen LogP contribution < -0.4 is 4.74 Å². The molecule has 2 heteroatoms. The van der Waals surface area contributed by atoms with Crippen LogP contribution in [0, 0.1) is 11.3 Å². The van der Waals surface area contributed by atoms with Crippen molar-refractivity contribution < 1.29 is 4.74 Å². The van der Waals surface area contributed by atoms with Gasteiger partial charge in [0.05, 0.1) is 18.7 Å². The van der Waals surface area contributed by atoms with Crippen LogP contribution in [0.3, 0.4) is 0 Å². The van der Waals surface area contributed by atoms with Crippen LogP contribution in [0.1, 0.15) is 29.9 Å². The molecule has 0 radical (unpaired) electrons. The van der Waals surface area contributed by atoms with E-state index < -0.39 is 0 Å². The van der Waals surface area contributed by atoms with Crippen LogP contribution in [0.4, 0.5) is 0 Å². The van der Waals surface area contributed by atoms with Crippen molar-refractivity contribution in [2.45, 2.75) is 18.8 Å². The lowest BCUT2D eigenvalue weighted by molar-refractivity contribution is 0.414. The third-order valence-electron chi connectivity index (χ3n) is 2.34. The van der Waals surface area contributed by atoms with Gasteiger partial charge in [0.2, 0.25) is 0 Å².